The Morgan fingerprint density at radius 3 is 2.56 bits per heavy atom. The van der Waals surface area contributed by atoms with Gasteiger partial charge in [0, 0.05) is 23.7 Å². The first-order valence-corrected chi connectivity index (χ1v) is 13.0. The fraction of sp³-hybridized carbons (Fsp3) is 0.286. The van der Waals surface area contributed by atoms with Gasteiger partial charge >= 0.3 is 6.61 Å². The molecule has 0 spiro atoms. The van der Waals surface area contributed by atoms with Crippen LogP contribution in [0.3, 0.4) is 0 Å². The van der Waals surface area contributed by atoms with Crippen LogP contribution in [0.5, 0.6) is 5.75 Å². The molecular weight excluding hydrogens is 554 g/mol. The highest BCUT2D eigenvalue weighted by atomic mass is 35.5. The SMILES string of the molecule is N=C1OCCN1Cc1cc(C(=O)N[C@H](c2ccc(Cl)c(Cl)c2)C2CC2)cc(-c2ccc(F)cc2OC(F)F)c1. The van der Waals surface area contributed by atoms with E-state index in [0.717, 1.165) is 30.5 Å². The number of benzene rings is 3. The molecule has 0 radical (unpaired) electrons. The Kier molecular flexibility index (Phi) is 7.91. The zero-order valence-electron chi connectivity index (χ0n) is 20.5. The molecule has 39 heavy (non-hydrogen) atoms. The lowest BCUT2D eigenvalue weighted by atomic mass is 9.97. The van der Waals surface area contributed by atoms with Crippen molar-refractivity contribution in [3.05, 3.63) is 87.2 Å². The molecule has 1 saturated heterocycles. The summed E-state index contributed by atoms with van der Waals surface area (Å²) in [5.74, 6) is -1.23. The summed E-state index contributed by atoms with van der Waals surface area (Å²) < 4.78 is 50.0. The van der Waals surface area contributed by atoms with Gasteiger partial charge in [0.25, 0.3) is 11.9 Å². The van der Waals surface area contributed by atoms with Gasteiger partial charge in [-0.2, -0.15) is 8.78 Å². The van der Waals surface area contributed by atoms with Gasteiger partial charge in [0.05, 0.1) is 22.6 Å². The van der Waals surface area contributed by atoms with E-state index in [1.807, 2.05) is 6.07 Å². The van der Waals surface area contributed by atoms with Crippen LogP contribution < -0.4 is 10.1 Å². The Balaban J connectivity index is 1.51. The van der Waals surface area contributed by atoms with Crippen molar-refractivity contribution in [3.63, 3.8) is 0 Å². The molecule has 2 aliphatic rings. The van der Waals surface area contributed by atoms with Crippen LogP contribution in [-0.4, -0.2) is 36.6 Å². The standard InChI is InChI=1S/C28H24Cl2F3N3O3/c29-22-6-3-17(12-23(22)30)25(16-1-2-16)35-26(37)19-10-15(14-36-7-8-38-28(36)34)9-18(11-19)21-5-4-20(31)13-24(21)39-27(32)33/h3-6,9-13,16,25,27,34H,1-2,7-8,14H2,(H,35,37)/t25-/m0/s1. The van der Waals surface area contributed by atoms with Crippen molar-refractivity contribution in [1.82, 2.24) is 10.2 Å². The largest absolute Gasteiger partial charge is 0.463 e. The summed E-state index contributed by atoms with van der Waals surface area (Å²) in [5.41, 5.74) is 2.32. The van der Waals surface area contributed by atoms with E-state index in [-0.39, 0.29) is 47.3 Å². The normalized spacial score (nSPS) is 15.8. The first kappa shape index (κ1) is 27.1. The van der Waals surface area contributed by atoms with Crippen molar-refractivity contribution in [3.8, 4) is 16.9 Å². The third-order valence-corrected chi connectivity index (χ3v) is 7.41. The maximum atomic E-state index is 13.9. The van der Waals surface area contributed by atoms with Crippen molar-refractivity contribution in [2.24, 2.45) is 5.92 Å². The summed E-state index contributed by atoms with van der Waals surface area (Å²) in [6, 6.07) is 13.2. The van der Waals surface area contributed by atoms with Crippen molar-refractivity contribution in [2.45, 2.75) is 32.0 Å². The van der Waals surface area contributed by atoms with Crippen LogP contribution in [0.2, 0.25) is 10.0 Å². The van der Waals surface area contributed by atoms with E-state index < -0.39 is 12.4 Å². The number of nitrogens with one attached hydrogen (secondary N) is 2. The van der Waals surface area contributed by atoms with E-state index in [2.05, 4.69) is 10.1 Å². The van der Waals surface area contributed by atoms with Crippen LogP contribution in [0.25, 0.3) is 11.1 Å². The summed E-state index contributed by atoms with van der Waals surface area (Å²) in [5, 5.41) is 11.9. The molecule has 0 unspecified atom stereocenters. The van der Waals surface area contributed by atoms with Gasteiger partial charge < -0.3 is 19.7 Å². The molecule has 1 amide bonds. The first-order chi connectivity index (χ1) is 18.7. The highest BCUT2D eigenvalue weighted by Gasteiger charge is 2.34. The van der Waals surface area contributed by atoms with Gasteiger partial charge in [-0.15, -0.1) is 0 Å². The third kappa shape index (κ3) is 6.42. The number of carbonyl (C=O) groups excluding carboxylic acids is 1. The van der Waals surface area contributed by atoms with E-state index >= 15 is 0 Å². The molecule has 1 aliphatic carbocycles. The third-order valence-electron chi connectivity index (χ3n) is 6.67. The van der Waals surface area contributed by atoms with E-state index in [4.69, 9.17) is 33.3 Å². The van der Waals surface area contributed by atoms with Crippen LogP contribution in [0, 0.1) is 17.1 Å². The Labute approximate surface area is 233 Å². The second kappa shape index (κ2) is 11.4. The molecule has 1 heterocycles. The lowest BCUT2D eigenvalue weighted by molar-refractivity contribution is -0.0496. The number of ether oxygens (including phenoxy) is 2. The summed E-state index contributed by atoms with van der Waals surface area (Å²) in [6.07, 6.45) is 1.88. The Bertz CT molecular complexity index is 1420. The topological polar surface area (TPSA) is 74.7 Å². The zero-order valence-corrected chi connectivity index (χ0v) is 22.0. The number of alkyl halides is 2. The highest BCUT2D eigenvalue weighted by molar-refractivity contribution is 6.42. The van der Waals surface area contributed by atoms with Gasteiger partial charge in [0.15, 0.2) is 0 Å². The van der Waals surface area contributed by atoms with Crippen LogP contribution >= 0.6 is 23.2 Å². The molecule has 1 saturated carbocycles. The fourth-order valence-electron chi connectivity index (χ4n) is 4.65. The smallest absolute Gasteiger partial charge is 0.387 e. The molecule has 1 atom stereocenters. The number of halogens is 5. The molecule has 11 heteroatoms. The summed E-state index contributed by atoms with van der Waals surface area (Å²) in [6.45, 7) is -2.06. The van der Waals surface area contributed by atoms with E-state index in [1.54, 1.807) is 35.2 Å². The average Bonchev–Trinajstić information content (AvgIpc) is 3.65. The van der Waals surface area contributed by atoms with Crippen molar-refractivity contribution < 1.29 is 27.4 Å². The average molecular weight is 578 g/mol. The number of amides is 1. The number of nitrogens with zero attached hydrogens (tertiary/aromatic N) is 1. The second-order valence-electron chi connectivity index (χ2n) is 9.47. The van der Waals surface area contributed by atoms with Gasteiger partial charge in [0.1, 0.15) is 18.2 Å². The predicted molar refractivity (Wildman–Crippen MR) is 142 cm³/mol. The summed E-state index contributed by atoms with van der Waals surface area (Å²) in [7, 11) is 0. The predicted octanol–water partition coefficient (Wildman–Crippen LogP) is 7.05. The van der Waals surface area contributed by atoms with E-state index in [9.17, 15) is 18.0 Å². The quantitative estimate of drug-likeness (QED) is 0.286. The summed E-state index contributed by atoms with van der Waals surface area (Å²) in [4.78, 5) is 15.3. The molecule has 6 nitrogen and oxygen atoms in total. The number of rotatable bonds is 9. The maximum absolute atomic E-state index is 13.9. The summed E-state index contributed by atoms with van der Waals surface area (Å²) >= 11 is 12.3. The van der Waals surface area contributed by atoms with Gasteiger partial charge in [-0.25, -0.2) is 4.39 Å². The van der Waals surface area contributed by atoms with Crippen molar-refractivity contribution in [2.75, 3.05) is 13.2 Å². The van der Waals surface area contributed by atoms with Crippen LogP contribution in [0.1, 0.15) is 40.4 Å². The number of hydrogen-bond acceptors (Lipinski definition) is 4. The lowest BCUT2D eigenvalue weighted by Crippen LogP contribution is -2.30. The molecule has 0 aromatic heterocycles. The molecule has 2 fully saturated rings. The van der Waals surface area contributed by atoms with Crippen LogP contribution in [0.15, 0.2) is 54.6 Å². The second-order valence-corrected chi connectivity index (χ2v) is 10.3. The molecule has 0 bridgehead atoms. The minimum absolute atomic E-state index is 0.00308. The number of amidine groups is 1. The minimum atomic E-state index is -3.16. The molecule has 3 aromatic carbocycles. The van der Waals surface area contributed by atoms with Crippen molar-refractivity contribution >= 4 is 35.1 Å². The van der Waals surface area contributed by atoms with Gasteiger partial charge in [-0.1, -0.05) is 29.3 Å². The Morgan fingerprint density at radius 2 is 1.90 bits per heavy atom. The zero-order chi connectivity index (χ0) is 27.7. The monoisotopic (exact) mass is 577 g/mol. The van der Waals surface area contributed by atoms with E-state index in [1.165, 1.54) is 6.07 Å². The molecule has 2 N–H and O–H groups in total. The van der Waals surface area contributed by atoms with Gasteiger partial charge in [-0.05, 0) is 77.9 Å². The van der Waals surface area contributed by atoms with E-state index in [0.29, 0.717) is 34.3 Å². The minimum Gasteiger partial charge on any atom is -0.463 e. The fourth-order valence-corrected chi connectivity index (χ4v) is 4.95. The van der Waals surface area contributed by atoms with Gasteiger partial charge in [-0.3, -0.25) is 10.2 Å². The molecule has 5 rings (SSSR count). The highest BCUT2D eigenvalue weighted by Crippen LogP contribution is 2.42. The molecule has 1 aliphatic heterocycles. The Hall–Kier alpha value is -3.43. The number of hydrogen-bond donors (Lipinski definition) is 2. The van der Waals surface area contributed by atoms with Crippen molar-refractivity contribution in [1.29, 1.82) is 5.41 Å². The first-order valence-electron chi connectivity index (χ1n) is 12.3. The lowest BCUT2D eigenvalue weighted by Gasteiger charge is -2.21. The number of carbonyl (C=O) groups is 1. The van der Waals surface area contributed by atoms with Crippen LogP contribution in [0.4, 0.5) is 13.2 Å². The molecule has 204 valence electrons. The molecule has 3 aromatic rings. The van der Waals surface area contributed by atoms with Gasteiger partial charge in [0.2, 0.25) is 0 Å². The Morgan fingerprint density at radius 1 is 1.10 bits per heavy atom. The maximum Gasteiger partial charge on any atom is 0.387 e. The van der Waals surface area contributed by atoms with Crippen LogP contribution in [-0.2, 0) is 11.3 Å². The molecular formula is C28H24Cl2F3N3O3.